The lowest BCUT2D eigenvalue weighted by molar-refractivity contribution is -0.168. The summed E-state index contributed by atoms with van der Waals surface area (Å²) in [6.45, 7) is 3.79. The molecule has 0 aromatic heterocycles. The quantitative estimate of drug-likeness (QED) is 0.141. The first-order valence-corrected chi connectivity index (χ1v) is 16.6. The average Bonchev–Trinajstić information content (AvgIpc) is 3.43. The summed E-state index contributed by atoms with van der Waals surface area (Å²) in [5.41, 5.74) is 0. The Hall–Kier alpha value is -1.99. The van der Waals surface area contributed by atoms with Crippen LogP contribution in [0.25, 0.3) is 0 Å². The van der Waals surface area contributed by atoms with Crippen LogP contribution in [0.2, 0.25) is 0 Å². The Balaban J connectivity index is 1.36. The van der Waals surface area contributed by atoms with Crippen LogP contribution in [0.15, 0.2) is 91.0 Å². The summed E-state index contributed by atoms with van der Waals surface area (Å²) in [6.07, 6.45) is 14.7. The molecule has 0 atom stereocenters. The van der Waals surface area contributed by atoms with Gasteiger partial charge in [0.1, 0.15) is 23.2 Å². The van der Waals surface area contributed by atoms with Crippen molar-refractivity contribution in [2.45, 2.75) is 83.3 Å². The van der Waals surface area contributed by atoms with Gasteiger partial charge in [0, 0.05) is 12.8 Å². The molecule has 37 heavy (non-hydrogen) atoms. The van der Waals surface area contributed by atoms with Crippen LogP contribution in [0, 0.1) is 0 Å². The molecule has 0 spiro atoms. The standard InChI is InChI=1S/C34H46O2P/c1-2-3-4-17-26-34(35-28-29-36-34)27-18-6-5-7-19-30-37(31-20-11-8-12-21-31,32-22-13-9-14-23-32)33-24-15-10-16-25-33/h8-16,20-25H,2-7,17-19,26-30H2,1H3/q+1. The zero-order valence-electron chi connectivity index (χ0n) is 22.8. The Kier molecular flexibility index (Phi) is 11.2. The molecular weight excluding hydrogens is 471 g/mol. The number of ether oxygens (including phenoxy) is 2. The molecule has 198 valence electrons. The maximum Gasteiger partial charge on any atom is 0.168 e. The average molecular weight is 518 g/mol. The second-order valence-electron chi connectivity index (χ2n) is 10.5. The maximum atomic E-state index is 6.12. The molecular formula is C34H46O2P+. The zero-order chi connectivity index (χ0) is 25.7. The molecule has 3 aromatic carbocycles. The topological polar surface area (TPSA) is 18.5 Å². The largest absolute Gasteiger partial charge is 0.348 e. The Labute approximate surface area is 226 Å². The summed E-state index contributed by atoms with van der Waals surface area (Å²) in [6, 6.07) is 33.8. The number of hydrogen-bond donors (Lipinski definition) is 0. The van der Waals surface area contributed by atoms with Gasteiger partial charge in [0.25, 0.3) is 0 Å². The molecule has 0 amide bonds. The van der Waals surface area contributed by atoms with E-state index in [-0.39, 0.29) is 5.79 Å². The third-order valence-corrected chi connectivity index (χ3v) is 12.4. The molecule has 1 saturated heterocycles. The Morgan fingerprint density at radius 3 is 1.41 bits per heavy atom. The van der Waals surface area contributed by atoms with Crippen molar-refractivity contribution in [1.82, 2.24) is 0 Å². The highest BCUT2D eigenvalue weighted by molar-refractivity contribution is 7.95. The minimum atomic E-state index is -1.70. The van der Waals surface area contributed by atoms with Crippen molar-refractivity contribution in [2.75, 3.05) is 19.4 Å². The molecule has 4 rings (SSSR count). The predicted molar refractivity (Wildman–Crippen MR) is 161 cm³/mol. The van der Waals surface area contributed by atoms with Gasteiger partial charge < -0.3 is 9.47 Å². The lowest BCUT2D eigenvalue weighted by Crippen LogP contribution is -2.33. The van der Waals surface area contributed by atoms with E-state index in [9.17, 15) is 0 Å². The van der Waals surface area contributed by atoms with Gasteiger partial charge in [-0.25, -0.2) is 0 Å². The van der Waals surface area contributed by atoms with Crippen LogP contribution in [0.1, 0.15) is 77.6 Å². The third kappa shape index (κ3) is 7.53. The molecule has 0 saturated carbocycles. The monoisotopic (exact) mass is 517 g/mol. The van der Waals surface area contributed by atoms with E-state index in [1.165, 1.54) is 79.9 Å². The molecule has 1 aliphatic heterocycles. The van der Waals surface area contributed by atoms with Crippen LogP contribution in [-0.2, 0) is 9.47 Å². The molecule has 1 aliphatic rings. The highest BCUT2D eigenvalue weighted by Gasteiger charge is 2.44. The zero-order valence-corrected chi connectivity index (χ0v) is 23.7. The molecule has 3 aromatic rings. The van der Waals surface area contributed by atoms with E-state index in [2.05, 4.69) is 97.9 Å². The molecule has 2 nitrogen and oxygen atoms in total. The van der Waals surface area contributed by atoms with E-state index in [0.717, 1.165) is 26.1 Å². The first-order valence-electron chi connectivity index (χ1n) is 14.6. The Morgan fingerprint density at radius 2 is 0.946 bits per heavy atom. The number of benzene rings is 3. The van der Waals surface area contributed by atoms with Gasteiger partial charge in [0.2, 0.25) is 0 Å². The molecule has 0 aliphatic carbocycles. The lowest BCUT2D eigenvalue weighted by Gasteiger charge is -2.28. The fourth-order valence-corrected chi connectivity index (χ4v) is 10.3. The van der Waals surface area contributed by atoms with Gasteiger partial charge in [0.05, 0.1) is 19.4 Å². The van der Waals surface area contributed by atoms with Crippen molar-refractivity contribution in [3.8, 4) is 0 Å². The summed E-state index contributed by atoms with van der Waals surface area (Å²) < 4.78 is 12.2. The Morgan fingerprint density at radius 1 is 0.541 bits per heavy atom. The van der Waals surface area contributed by atoms with E-state index in [1.807, 2.05) is 0 Å². The second-order valence-corrected chi connectivity index (χ2v) is 14.1. The first kappa shape index (κ1) is 28.0. The summed E-state index contributed by atoms with van der Waals surface area (Å²) >= 11 is 0. The van der Waals surface area contributed by atoms with Crippen LogP contribution >= 0.6 is 7.26 Å². The van der Waals surface area contributed by atoms with E-state index >= 15 is 0 Å². The fraction of sp³-hybridized carbons (Fsp3) is 0.471. The van der Waals surface area contributed by atoms with Crippen molar-refractivity contribution in [3.05, 3.63) is 91.0 Å². The van der Waals surface area contributed by atoms with Gasteiger partial charge in [-0.1, -0.05) is 93.6 Å². The molecule has 0 bridgehead atoms. The highest BCUT2D eigenvalue weighted by atomic mass is 31.2. The predicted octanol–water partition coefficient (Wildman–Crippen LogP) is 8.03. The van der Waals surface area contributed by atoms with Crippen molar-refractivity contribution >= 4 is 23.2 Å². The van der Waals surface area contributed by atoms with Crippen LogP contribution < -0.4 is 15.9 Å². The van der Waals surface area contributed by atoms with Gasteiger partial charge in [-0.2, -0.15) is 0 Å². The summed E-state index contributed by atoms with van der Waals surface area (Å²) in [7, 11) is -1.70. The third-order valence-electron chi connectivity index (χ3n) is 7.87. The second kappa shape index (κ2) is 14.8. The van der Waals surface area contributed by atoms with E-state index < -0.39 is 7.26 Å². The normalized spacial score (nSPS) is 15.2. The fourth-order valence-electron chi connectivity index (χ4n) is 5.89. The molecule has 1 heterocycles. The highest BCUT2D eigenvalue weighted by Crippen LogP contribution is 2.56. The van der Waals surface area contributed by atoms with Gasteiger partial charge in [-0.05, 0) is 62.1 Å². The number of unbranched alkanes of at least 4 members (excludes halogenated alkanes) is 7. The van der Waals surface area contributed by atoms with Crippen molar-refractivity contribution in [2.24, 2.45) is 0 Å². The minimum Gasteiger partial charge on any atom is -0.348 e. The van der Waals surface area contributed by atoms with Crippen molar-refractivity contribution < 1.29 is 9.47 Å². The number of hydrogen-bond acceptors (Lipinski definition) is 2. The molecule has 0 N–H and O–H groups in total. The molecule has 1 fully saturated rings. The van der Waals surface area contributed by atoms with E-state index in [1.54, 1.807) is 0 Å². The van der Waals surface area contributed by atoms with Crippen LogP contribution in [-0.4, -0.2) is 25.2 Å². The summed E-state index contributed by atoms with van der Waals surface area (Å²) in [5.74, 6) is -0.289. The van der Waals surface area contributed by atoms with E-state index in [0.29, 0.717) is 0 Å². The van der Waals surface area contributed by atoms with Gasteiger partial charge >= 0.3 is 0 Å². The Bertz CT molecular complexity index is 903. The van der Waals surface area contributed by atoms with E-state index in [4.69, 9.17) is 9.47 Å². The molecule has 3 heteroatoms. The van der Waals surface area contributed by atoms with Gasteiger partial charge in [0.15, 0.2) is 5.79 Å². The maximum absolute atomic E-state index is 6.12. The van der Waals surface area contributed by atoms with Crippen molar-refractivity contribution in [3.63, 3.8) is 0 Å². The lowest BCUT2D eigenvalue weighted by atomic mass is 9.99. The summed E-state index contributed by atoms with van der Waals surface area (Å²) in [4.78, 5) is 0. The summed E-state index contributed by atoms with van der Waals surface area (Å²) in [5, 5.41) is 4.48. The van der Waals surface area contributed by atoms with Crippen LogP contribution in [0.5, 0.6) is 0 Å². The minimum absolute atomic E-state index is 0.289. The molecule has 0 radical (unpaired) electrons. The van der Waals surface area contributed by atoms with Crippen LogP contribution in [0.3, 0.4) is 0 Å². The van der Waals surface area contributed by atoms with Gasteiger partial charge in [-0.3, -0.25) is 0 Å². The number of rotatable bonds is 16. The SMILES string of the molecule is CCCCCCC1(CCCCCCC[P+](c2ccccc2)(c2ccccc2)c2ccccc2)OCCO1. The van der Waals surface area contributed by atoms with Crippen LogP contribution in [0.4, 0.5) is 0 Å². The smallest absolute Gasteiger partial charge is 0.168 e. The first-order chi connectivity index (χ1) is 18.3. The van der Waals surface area contributed by atoms with Gasteiger partial charge in [-0.15, -0.1) is 0 Å². The van der Waals surface area contributed by atoms with Crippen molar-refractivity contribution in [1.29, 1.82) is 0 Å². The molecule has 0 unspecified atom stereocenters.